The van der Waals surface area contributed by atoms with Crippen molar-refractivity contribution in [2.24, 2.45) is 0 Å². The topological polar surface area (TPSA) is 54.0 Å². The highest BCUT2D eigenvalue weighted by molar-refractivity contribution is 6.32. The Morgan fingerprint density at radius 2 is 1.70 bits per heavy atom. The fourth-order valence-electron chi connectivity index (χ4n) is 2.35. The van der Waals surface area contributed by atoms with Gasteiger partial charge in [0.25, 0.3) is 0 Å². The highest BCUT2D eigenvalue weighted by atomic mass is 35.5. The molecule has 0 aliphatic rings. The van der Waals surface area contributed by atoms with Gasteiger partial charge in [-0.25, -0.2) is 0 Å². The molecule has 27 heavy (non-hydrogen) atoms. The molecule has 2 rings (SSSR count). The van der Waals surface area contributed by atoms with Crippen molar-refractivity contribution in [3.63, 3.8) is 0 Å². The maximum atomic E-state index is 12.7. The molecule has 0 aliphatic heterocycles. The molecule has 0 atom stereocenters. The van der Waals surface area contributed by atoms with E-state index in [0.717, 1.165) is 0 Å². The van der Waals surface area contributed by atoms with E-state index in [1.165, 1.54) is 57.7 Å². The van der Waals surface area contributed by atoms with Crippen molar-refractivity contribution < 1.29 is 32.5 Å². The van der Waals surface area contributed by atoms with Gasteiger partial charge in [0.1, 0.15) is 11.5 Å². The quantitative estimate of drug-likeness (QED) is 0.469. The second-order valence-electron chi connectivity index (χ2n) is 5.14. The number of hydrogen-bond donors (Lipinski definition) is 0. The van der Waals surface area contributed by atoms with Gasteiger partial charge in [0.15, 0.2) is 17.3 Å². The van der Waals surface area contributed by atoms with E-state index < -0.39 is 12.4 Å². The Balaban J connectivity index is 2.39. The van der Waals surface area contributed by atoms with Gasteiger partial charge in [-0.3, -0.25) is 4.79 Å². The summed E-state index contributed by atoms with van der Waals surface area (Å²) in [5, 5.41) is 0.234. The molecule has 5 nitrogen and oxygen atoms in total. The van der Waals surface area contributed by atoms with Crippen LogP contribution in [0.1, 0.15) is 15.9 Å². The molecule has 0 bridgehead atoms. The lowest BCUT2D eigenvalue weighted by Gasteiger charge is -2.12. The van der Waals surface area contributed by atoms with Crippen molar-refractivity contribution in [3.05, 3.63) is 52.6 Å². The van der Waals surface area contributed by atoms with Crippen LogP contribution in [0.5, 0.6) is 23.0 Å². The molecule has 0 aromatic heterocycles. The molecule has 0 saturated carbocycles. The summed E-state index contributed by atoms with van der Waals surface area (Å²) in [6.45, 7) is -3.04. The Bertz CT molecular complexity index is 852. The lowest BCUT2D eigenvalue weighted by atomic mass is 10.1. The minimum atomic E-state index is -3.04. The smallest absolute Gasteiger partial charge is 0.387 e. The van der Waals surface area contributed by atoms with Crippen LogP contribution in [0.3, 0.4) is 0 Å². The molecular weight excluding hydrogens is 382 g/mol. The Hall–Kier alpha value is -2.80. The van der Waals surface area contributed by atoms with Crippen molar-refractivity contribution in [1.29, 1.82) is 0 Å². The molecule has 8 heteroatoms. The van der Waals surface area contributed by atoms with E-state index in [1.807, 2.05) is 0 Å². The molecule has 0 radical (unpaired) electrons. The van der Waals surface area contributed by atoms with Gasteiger partial charge >= 0.3 is 6.61 Å². The normalized spacial score (nSPS) is 10.9. The molecule has 0 heterocycles. The second kappa shape index (κ2) is 9.23. The third kappa shape index (κ3) is 4.89. The molecule has 0 fully saturated rings. The number of ether oxygens (including phenoxy) is 4. The van der Waals surface area contributed by atoms with Gasteiger partial charge in [-0.2, -0.15) is 8.78 Å². The third-order valence-electron chi connectivity index (χ3n) is 3.59. The first-order valence-corrected chi connectivity index (χ1v) is 8.04. The number of para-hydroxylation sites is 1. The first-order valence-electron chi connectivity index (χ1n) is 7.67. The maximum Gasteiger partial charge on any atom is 0.387 e. The largest absolute Gasteiger partial charge is 0.496 e. The number of halogens is 3. The van der Waals surface area contributed by atoms with Gasteiger partial charge < -0.3 is 18.9 Å². The number of carbonyl (C=O) groups is 1. The monoisotopic (exact) mass is 398 g/mol. The first kappa shape index (κ1) is 20.5. The van der Waals surface area contributed by atoms with Crippen LogP contribution in [0.25, 0.3) is 6.08 Å². The van der Waals surface area contributed by atoms with E-state index in [-0.39, 0.29) is 33.4 Å². The highest BCUT2D eigenvalue weighted by Crippen LogP contribution is 2.35. The van der Waals surface area contributed by atoms with Gasteiger partial charge in [-0.05, 0) is 24.3 Å². The second-order valence-corrected chi connectivity index (χ2v) is 5.55. The Morgan fingerprint density at radius 3 is 2.30 bits per heavy atom. The number of ketones is 1. The Kier molecular flexibility index (Phi) is 7.01. The summed E-state index contributed by atoms with van der Waals surface area (Å²) in [4.78, 5) is 12.6. The van der Waals surface area contributed by atoms with Gasteiger partial charge in [0, 0.05) is 11.6 Å². The van der Waals surface area contributed by atoms with Crippen LogP contribution in [0.4, 0.5) is 8.78 Å². The maximum absolute atomic E-state index is 12.7. The molecule has 144 valence electrons. The molecule has 0 spiro atoms. The van der Waals surface area contributed by atoms with E-state index in [4.69, 9.17) is 25.8 Å². The van der Waals surface area contributed by atoms with E-state index in [2.05, 4.69) is 4.74 Å². The number of rotatable bonds is 8. The summed E-state index contributed by atoms with van der Waals surface area (Å²) in [6, 6.07) is 7.48. The predicted molar refractivity (Wildman–Crippen MR) is 97.5 cm³/mol. The van der Waals surface area contributed by atoms with Crippen molar-refractivity contribution in [2.45, 2.75) is 6.61 Å². The average molecular weight is 399 g/mol. The lowest BCUT2D eigenvalue weighted by molar-refractivity contribution is -0.0513. The fourth-order valence-corrected chi connectivity index (χ4v) is 2.59. The number of hydrogen-bond acceptors (Lipinski definition) is 5. The third-order valence-corrected chi connectivity index (χ3v) is 3.89. The predicted octanol–water partition coefficient (Wildman–Crippen LogP) is 4.86. The first-order chi connectivity index (χ1) is 12.9. The van der Waals surface area contributed by atoms with E-state index in [1.54, 1.807) is 6.07 Å². The Labute approximate surface area is 160 Å². The van der Waals surface area contributed by atoms with Crippen LogP contribution in [-0.2, 0) is 0 Å². The average Bonchev–Trinajstić information content (AvgIpc) is 2.66. The lowest BCUT2D eigenvalue weighted by Crippen LogP contribution is -2.05. The molecule has 0 unspecified atom stereocenters. The number of carbonyl (C=O) groups excluding carboxylic acids is 1. The zero-order chi connectivity index (χ0) is 20.0. The molecule has 0 N–H and O–H groups in total. The van der Waals surface area contributed by atoms with Crippen LogP contribution in [0, 0.1) is 0 Å². The van der Waals surface area contributed by atoms with Crippen LogP contribution in [0.15, 0.2) is 36.4 Å². The number of methoxy groups -OCH3 is 3. The highest BCUT2D eigenvalue weighted by Gasteiger charge is 2.16. The van der Waals surface area contributed by atoms with Crippen LogP contribution < -0.4 is 18.9 Å². The SMILES string of the molecule is COc1cc(OC)c(C(=O)/C=C/c2cccc(OC)c2OC(F)F)cc1Cl. The van der Waals surface area contributed by atoms with Gasteiger partial charge in [0.05, 0.1) is 31.9 Å². The van der Waals surface area contributed by atoms with Gasteiger partial charge in [-0.15, -0.1) is 0 Å². The van der Waals surface area contributed by atoms with Crippen molar-refractivity contribution in [1.82, 2.24) is 0 Å². The minimum absolute atomic E-state index is 0.120. The summed E-state index contributed by atoms with van der Waals surface area (Å²) in [5.41, 5.74) is 0.445. The summed E-state index contributed by atoms with van der Waals surface area (Å²) < 4.78 is 45.2. The van der Waals surface area contributed by atoms with Crippen molar-refractivity contribution in [2.75, 3.05) is 21.3 Å². The Morgan fingerprint density at radius 1 is 1.04 bits per heavy atom. The molecule has 0 amide bonds. The molecule has 0 saturated heterocycles. The van der Waals surface area contributed by atoms with Crippen molar-refractivity contribution in [3.8, 4) is 23.0 Å². The van der Waals surface area contributed by atoms with E-state index in [9.17, 15) is 13.6 Å². The summed E-state index contributed by atoms with van der Waals surface area (Å²) in [6.07, 6.45) is 2.55. The molecule has 0 aliphatic carbocycles. The molecule has 2 aromatic rings. The van der Waals surface area contributed by atoms with E-state index >= 15 is 0 Å². The number of benzene rings is 2. The molecular formula is C19H17ClF2O5. The van der Waals surface area contributed by atoms with Gasteiger partial charge in [0.2, 0.25) is 0 Å². The summed E-state index contributed by atoms with van der Waals surface area (Å²) in [7, 11) is 4.17. The molecule has 2 aromatic carbocycles. The van der Waals surface area contributed by atoms with E-state index in [0.29, 0.717) is 5.75 Å². The minimum Gasteiger partial charge on any atom is -0.496 e. The summed E-state index contributed by atoms with van der Waals surface area (Å²) in [5.74, 6) is 0.131. The fraction of sp³-hybridized carbons (Fsp3) is 0.211. The van der Waals surface area contributed by atoms with Crippen molar-refractivity contribution >= 4 is 23.5 Å². The van der Waals surface area contributed by atoms with Crippen LogP contribution in [-0.4, -0.2) is 33.7 Å². The zero-order valence-corrected chi connectivity index (χ0v) is 15.5. The summed E-state index contributed by atoms with van der Waals surface area (Å²) >= 11 is 6.07. The standard InChI is InChI=1S/C19H17ClF2O5/c1-24-15-6-4-5-11(18(15)27-19(21)22)7-8-14(23)12-9-13(20)17(26-3)10-16(12)25-2/h4-10,19H,1-3H3/b8-7+. The van der Waals surface area contributed by atoms with Crippen LogP contribution in [0.2, 0.25) is 5.02 Å². The van der Waals surface area contributed by atoms with Crippen LogP contribution >= 0.6 is 11.6 Å². The zero-order valence-electron chi connectivity index (χ0n) is 14.8. The number of allylic oxidation sites excluding steroid dienone is 1. The number of alkyl halides is 2. The van der Waals surface area contributed by atoms with Gasteiger partial charge in [-0.1, -0.05) is 23.7 Å².